The van der Waals surface area contributed by atoms with Crippen LogP contribution in [0.25, 0.3) is 0 Å². The van der Waals surface area contributed by atoms with E-state index in [1.165, 1.54) is 13.0 Å². The zero-order chi connectivity index (χ0) is 20.0. The summed E-state index contributed by atoms with van der Waals surface area (Å²) in [5, 5.41) is 5.23. The maximum absolute atomic E-state index is 12.9. The van der Waals surface area contributed by atoms with Gasteiger partial charge in [-0.1, -0.05) is 12.1 Å². The van der Waals surface area contributed by atoms with Crippen molar-refractivity contribution in [3.63, 3.8) is 0 Å². The zero-order valence-electron chi connectivity index (χ0n) is 14.8. The Balaban J connectivity index is 2.13. The number of nitrogens with one attached hydrogen (secondary N) is 2. The molecule has 0 heterocycles. The van der Waals surface area contributed by atoms with Crippen molar-refractivity contribution in [3.05, 3.63) is 53.6 Å². The molecule has 2 N–H and O–H groups in total. The summed E-state index contributed by atoms with van der Waals surface area (Å²) in [6, 6.07) is 9.49. The number of Topliss-reactive ketones (excluding diaryl/α,β-unsaturated/α-hetero) is 1. The topological polar surface area (TPSA) is 67.4 Å². The molecule has 5 nitrogen and oxygen atoms in total. The number of rotatable bonds is 7. The van der Waals surface area contributed by atoms with Crippen LogP contribution in [0.3, 0.4) is 0 Å². The fraction of sp³-hybridized carbons (Fsp3) is 0.263. The molecule has 2 aromatic carbocycles. The van der Waals surface area contributed by atoms with Crippen molar-refractivity contribution in [2.45, 2.75) is 20.0 Å². The van der Waals surface area contributed by atoms with Gasteiger partial charge in [0.1, 0.15) is 5.75 Å². The number of carbonyl (C=O) groups is 2. The van der Waals surface area contributed by atoms with Crippen LogP contribution in [-0.4, -0.2) is 24.8 Å². The van der Waals surface area contributed by atoms with Gasteiger partial charge in [-0.2, -0.15) is 13.2 Å². The molecule has 0 spiro atoms. The number of halogens is 3. The van der Waals surface area contributed by atoms with Gasteiger partial charge in [0.15, 0.2) is 5.78 Å². The predicted molar refractivity (Wildman–Crippen MR) is 96.2 cm³/mol. The highest BCUT2D eigenvalue weighted by Gasteiger charge is 2.31. The SMILES string of the molecule is CCOc1ccc(C(F)(F)F)cc1NCC(=O)Nc1ccccc1C(C)=O. The predicted octanol–water partition coefficient (Wildman–Crippen LogP) is 4.36. The molecule has 8 heteroatoms. The van der Waals surface area contributed by atoms with Crippen LogP contribution in [0.1, 0.15) is 29.8 Å². The highest BCUT2D eigenvalue weighted by molar-refractivity contribution is 6.04. The van der Waals surface area contributed by atoms with E-state index in [2.05, 4.69) is 10.6 Å². The number of amides is 1. The van der Waals surface area contributed by atoms with Crippen molar-refractivity contribution in [2.75, 3.05) is 23.8 Å². The molecule has 1 amide bonds. The molecular weight excluding hydrogens is 361 g/mol. The molecule has 0 aliphatic rings. The van der Waals surface area contributed by atoms with Gasteiger partial charge in [0.05, 0.1) is 30.1 Å². The monoisotopic (exact) mass is 380 g/mol. The fourth-order valence-electron chi connectivity index (χ4n) is 2.39. The maximum Gasteiger partial charge on any atom is 0.416 e. The van der Waals surface area contributed by atoms with E-state index in [9.17, 15) is 22.8 Å². The van der Waals surface area contributed by atoms with Gasteiger partial charge < -0.3 is 15.4 Å². The van der Waals surface area contributed by atoms with Gasteiger partial charge in [-0.25, -0.2) is 0 Å². The van der Waals surface area contributed by atoms with Crippen molar-refractivity contribution in [2.24, 2.45) is 0 Å². The number of carbonyl (C=O) groups excluding carboxylic acids is 2. The number of hydrogen-bond donors (Lipinski definition) is 2. The van der Waals surface area contributed by atoms with Crippen LogP contribution in [0.15, 0.2) is 42.5 Å². The van der Waals surface area contributed by atoms with Crippen molar-refractivity contribution in [1.82, 2.24) is 0 Å². The Kier molecular flexibility index (Phi) is 6.44. The first-order chi connectivity index (χ1) is 12.7. The van der Waals surface area contributed by atoms with Crippen molar-refractivity contribution < 1.29 is 27.5 Å². The second kappa shape index (κ2) is 8.57. The number of anilines is 2. The van der Waals surface area contributed by atoms with E-state index in [-0.39, 0.29) is 30.4 Å². The Labute approximate surface area is 154 Å². The van der Waals surface area contributed by atoms with E-state index < -0.39 is 17.6 Å². The molecule has 0 aliphatic carbocycles. The number of ketones is 1. The highest BCUT2D eigenvalue weighted by Crippen LogP contribution is 2.35. The molecule has 144 valence electrons. The van der Waals surface area contributed by atoms with Crippen LogP contribution >= 0.6 is 0 Å². The lowest BCUT2D eigenvalue weighted by Gasteiger charge is -2.15. The summed E-state index contributed by atoms with van der Waals surface area (Å²) in [6.07, 6.45) is -4.51. The van der Waals surface area contributed by atoms with Crippen LogP contribution in [0.4, 0.5) is 24.5 Å². The van der Waals surface area contributed by atoms with Crippen LogP contribution in [0.5, 0.6) is 5.75 Å². The summed E-state index contributed by atoms with van der Waals surface area (Å²) in [7, 11) is 0. The summed E-state index contributed by atoms with van der Waals surface area (Å²) in [4.78, 5) is 23.7. The fourth-order valence-corrected chi connectivity index (χ4v) is 2.39. The molecule has 0 radical (unpaired) electrons. The maximum atomic E-state index is 12.9. The molecule has 0 aromatic heterocycles. The third-order valence-corrected chi connectivity index (χ3v) is 3.63. The smallest absolute Gasteiger partial charge is 0.416 e. The first kappa shape index (κ1) is 20.3. The second-order valence-electron chi connectivity index (χ2n) is 5.65. The number of ether oxygens (including phenoxy) is 1. The van der Waals surface area contributed by atoms with Crippen LogP contribution in [0.2, 0.25) is 0 Å². The highest BCUT2D eigenvalue weighted by atomic mass is 19.4. The van der Waals surface area contributed by atoms with Gasteiger partial charge in [-0.3, -0.25) is 9.59 Å². The van der Waals surface area contributed by atoms with E-state index in [4.69, 9.17) is 4.74 Å². The first-order valence-electron chi connectivity index (χ1n) is 8.20. The Morgan fingerprint density at radius 1 is 1.07 bits per heavy atom. The first-order valence-corrected chi connectivity index (χ1v) is 8.20. The van der Waals surface area contributed by atoms with Crippen molar-refractivity contribution in [3.8, 4) is 5.75 Å². The molecule has 0 bridgehead atoms. The number of hydrogen-bond acceptors (Lipinski definition) is 4. The van der Waals surface area contributed by atoms with Gasteiger partial charge in [-0.05, 0) is 44.2 Å². The summed E-state index contributed by atoms with van der Waals surface area (Å²) < 4.78 is 44.0. The minimum absolute atomic E-state index is 0.0571. The largest absolute Gasteiger partial charge is 0.492 e. The van der Waals surface area contributed by atoms with Gasteiger partial charge in [0.2, 0.25) is 5.91 Å². The molecule has 2 aromatic rings. The molecule has 0 aliphatic heterocycles. The molecule has 27 heavy (non-hydrogen) atoms. The third kappa shape index (κ3) is 5.47. The normalized spacial score (nSPS) is 11.0. The lowest BCUT2D eigenvalue weighted by atomic mass is 10.1. The van der Waals surface area contributed by atoms with Gasteiger partial charge in [0, 0.05) is 5.56 Å². The summed E-state index contributed by atoms with van der Waals surface area (Å²) in [5.74, 6) is -0.513. The average molecular weight is 380 g/mol. The lowest BCUT2D eigenvalue weighted by molar-refractivity contribution is -0.137. The average Bonchev–Trinajstić information content (AvgIpc) is 2.60. The summed E-state index contributed by atoms with van der Waals surface area (Å²) in [5.41, 5.74) is -0.108. The number of benzene rings is 2. The molecule has 0 unspecified atom stereocenters. The molecule has 0 fully saturated rings. The standard InChI is InChI=1S/C19H19F3N2O3/c1-3-27-17-9-8-13(19(20,21)22)10-16(17)23-11-18(26)24-15-7-5-4-6-14(15)12(2)25/h4-10,23H,3,11H2,1-2H3,(H,24,26). The molecule has 0 saturated carbocycles. The minimum atomic E-state index is -4.51. The zero-order valence-corrected chi connectivity index (χ0v) is 14.8. The Bertz CT molecular complexity index is 835. The van der Waals surface area contributed by atoms with Gasteiger partial charge in [0.25, 0.3) is 0 Å². The van der Waals surface area contributed by atoms with Crippen molar-refractivity contribution >= 4 is 23.1 Å². The molecule has 2 rings (SSSR count). The number of para-hydroxylation sites is 1. The van der Waals surface area contributed by atoms with E-state index in [0.29, 0.717) is 11.3 Å². The quantitative estimate of drug-likeness (QED) is 0.701. The Hall–Kier alpha value is -3.03. The van der Waals surface area contributed by atoms with Crippen molar-refractivity contribution in [1.29, 1.82) is 0 Å². The summed E-state index contributed by atoms with van der Waals surface area (Å²) in [6.45, 7) is 3.04. The van der Waals surface area contributed by atoms with E-state index in [1.54, 1.807) is 31.2 Å². The Morgan fingerprint density at radius 3 is 2.41 bits per heavy atom. The van der Waals surface area contributed by atoms with E-state index in [0.717, 1.165) is 12.1 Å². The number of alkyl halides is 3. The second-order valence-corrected chi connectivity index (χ2v) is 5.65. The third-order valence-electron chi connectivity index (χ3n) is 3.63. The molecular formula is C19H19F3N2O3. The summed E-state index contributed by atoms with van der Waals surface area (Å²) >= 11 is 0. The van der Waals surface area contributed by atoms with Gasteiger partial charge in [-0.15, -0.1) is 0 Å². The van der Waals surface area contributed by atoms with E-state index in [1.807, 2.05) is 0 Å². The van der Waals surface area contributed by atoms with Crippen LogP contribution in [0, 0.1) is 0 Å². The van der Waals surface area contributed by atoms with Crippen LogP contribution < -0.4 is 15.4 Å². The van der Waals surface area contributed by atoms with Gasteiger partial charge >= 0.3 is 6.18 Å². The van der Waals surface area contributed by atoms with Crippen LogP contribution in [-0.2, 0) is 11.0 Å². The lowest BCUT2D eigenvalue weighted by Crippen LogP contribution is -2.23. The van der Waals surface area contributed by atoms with E-state index >= 15 is 0 Å². The Morgan fingerprint density at radius 2 is 1.78 bits per heavy atom. The molecule has 0 saturated heterocycles. The molecule has 0 atom stereocenters. The minimum Gasteiger partial charge on any atom is -0.492 e.